The zero-order valence-electron chi connectivity index (χ0n) is 16.4. The van der Waals surface area contributed by atoms with Gasteiger partial charge in [0.05, 0.1) is 0 Å². The fourth-order valence-electron chi connectivity index (χ4n) is 3.66. The van der Waals surface area contributed by atoms with E-state index < -0.39 is 12.7 Å². The van der Waals surface area contributed by atoms with Crippen molar-refractivity contribution in [2.45, 2.75) is 31.9 Å². The molecule has 160 valence electrons. The summed E-state index contributed by atoms with van der Waals surface area (Å²) in [5.74, 6) is 0.886. The third-order valence-corrected chi connectivity index (χ3v) is 5.16. The molecule has 1 saturated heterocycles. The number of benzene rings is 1. The van der Waals surface area contributed by atoms with Crippen molar-refractivity contribution in [1.29, 1.82) is 0 Å². The Morgan fingerprint density at radius 2 is 1.83 bits per heavy atom. The second-order valence-corrected chi connectivity index (χ2v) is 7.42. The molecule has 0 radical (unpaired) electrons. The highest BCUT2D eigenvalue weighted by atomic mass is 19.4. The number of fused-ring (bicyclic) bond motifs is 1. The number of rotatable bonds is 5. The molecule has 1 amide bonds. The Bertz CT molecular complexity index is 910. The summed E-state index contributed by atoms with van der Waals surface area (Å²) in [6.45, 7) is 0.996. The molecule has 0 aliphatic carbocycles. The smallest absolute Gasteiger partial charge is 0.369 e. The molecule has 4 rings (SSSR count). The van der Waals surface area contributed by atoms with Crippen molar-refractivity contribution in [3.63, 3.8) is 0 Å². The SMILES string of the molecule is O=C(c1ccc(Nc2nc3c(c(NCC(F)(F)F)n2)CCN3)cc1)N1CCCCC1. The normalized spacial score (nSPS) is 16.0. The van der Waals surface area contributed by atoms with Crippen LogP contribution in [-0.4, -0.2) is 53.1 Å². The number of piperidine rings is 1. The number of amides is 1. The third kappa shape index (κ3) is 4.74. The lowest BCUT2D eigenvalue weighted by atomic mass is 10.1. The van der Waals surface area contributed by atoms with Crippen molar-refractivity contribution in [2.75, 3.05) is 42.1 Å². The van der Waals surface area contributed by atoms with Gasteiger partial charge in [-0.2, -0.15) is 23.1 Å². The number of nitrogens with one attached hydrogen (secondary N) is 3. The highest BCUT2D eigenvalue weighted by Gasteiger charge is 2.28. The molecule has 2 aromatic rings. The zero-order chi connectivity index (χ0) is 21.1. The molecule has 0 spiro atoms. The molecule has 7 nitrogen and oxygen atoms in total. The summed E-state index contributed by atoms with van der Waals surface area (Å²) in [4.78, 5) is 23.0. The monoisotopic (exact) mass is 420 g/mol. The number of likely N-dealkylation sites (tertiary alicyclic amines) is 1. The van der Waals surface area contributed by atoms with Gasteiger partial charge in [-0.1, -0.05) is 0 Å². The summed E-state index contributed by atoms with van der Waals surface area (Å²) in [7, 11) is 0. The van der Waals surface area contributed by atoms with E-state index in [0.29, 0.717) is 35.6 Å². The van der Waals surface area contributed by atoms with Gasteiger partial charge in [0.2, 0.25) is 5.95 Å². The van der Waals surface area contributed by atoms with Crippen LogP contribution in [-0.2, 0) is 6.42 Å². The first-order chi connectivity index (χ1) is 14.4. The first-order valence-corrected chi connectivity index (χ1v) is 10.0. The number of carbonyl (C=O) groups is 1. The standard InChI is InChI=1S/C20H23F3N6O/c21-20(22,23)12-25-17-15-8-9-24-16(15)27-19(28-17)26-14-6-4-13(5-7-14)18(30)29-10-2-1-3-11-29/h4-7H,1-3,8-12H2,(H3,24,25,26,27,28). The first kappa shape index (κ1) is 20.2. The molecule has 0 atom stereocenters. The molecule has 0 saturated carbocycles. The average Bonchev–Trinajstić information content (AvgIpc) is 3.21. The number of anilines is 4. The van der Waals surface area contributed by atoms with E-state index in [1.54, 1.807) is 24.3 Å². The van der Waals surface area contributed by atoms with Crippen LogP contribution in [0, 0.1) is 0 Å². The molecule has 2 aliphatic rings. The van der Waals surface area contributed by atoms with Crippen LogP contribution in [0.2, 0.25) is 0 Å². The topological polar surface area (TPSA) is 82.2 Å². The maximum atomic E-state index is 12.6. The summed E-state index contributed by atoms with van der Waals surface area (Å²) in [6.07, 6.45) is -0.570. The van der Waals surface area contributed by atoms with Crippen LogP contribution in [0.1, 0.15) is 35.2 Å². The average molecular weight is 420 g/mol. The van der Waals surface area contributed by atoms with Crippen LogP contribution in [0.5, 0.6) is 0 Å². The van der Waals surface area contributed by atoms with Gasteiger partial charge in [0.1, 0.15) is 18.2 Å². The number of carbonyl (C=O) groups excluding carboxylic acids is 1. The van der Waals surface area contributed by atoms with Crippen LogP contribution in [0.4, 0.5) is 36.4 Å². The van der Waals surface area contributed by atoms with Crippen molar-refractivity contribution in [3.05, 3.63) is 35.4 Å². The molecule has 1 aromatic carbocycles. The van der Waals surface area contributed by atoms with E-state index in [2.05, 4.69) is 25.9 Å². The lowest BCUT2D eigenvalue weighted by Crippen LogP contribution is -2.35. The maximum absolute atomic E-state index is 12.6. The fraction of sp³-hybridized carbons (Fsp3) is 0.450. The van der Waals surface area contributed by atoms with Crippen molar-refractivity contribution >= 4 is 29.2 Å². The van der Waals surface area contributed by atoms with E-state index in [4.69, 9.17) is 0 Å². The van der Waals surface area contributed by atoms with Gasteiger partial charge in [0, 0.05) is 36.4 Å². The Hall–Kier alpha value is -3.04. The quantitative estimate of drug-likeness (QED) is 0.683. The number of hydrogen-bond donors (Lipinski definition) is 3. The van der Waals surface area contributed by atoms with Gasteiger partial charge in [-0.3, -0.25) is 4.79 Å². The summed E-state index contributed by atoms with van der Waals surface area (Å²) in [5, 5.41) is 8.44. The lowest BCUT2D eigenvalue weighted by Gasteiger charge is -2.26. The van der Waals surface area contributed by atoms with Crippen LogP contribution in [0.3, 0.4) is 0 Å². The summed E-state index contributed by atoms with van der Waals surface area (Å²) in [6, 6.07) is 6.94. The number of alkyl halides is 3. The molecular formula is C20H23F3N6O. The Kier molecular flexibility index (Phi) is 5.65. The lowest BCUT2D eigenvalue weighted by molar-refractivity contribution is -0.115. The molecule has 30 heavy (non-hydrogen) atoms. The summed E-state index contributed by atoms with van der Waals surface area (Å²) in [5.41, 5.74) is 1.89. The predicted octanol–water partition coefficient (Wildman–Crippen LogP) is 3.79. The van der Waals surface area contributed by atoms with Crippen LogP contribution < -0.4 is 16.0 Å². The fourth-order valence-corrected chi connectivity index (χ4v) is 3.66. The van der Waals surface area contributed by atoms with Crippen molar-refractivity contribution in [1.82, 2.24) is 14.9 Å². The van der Waals surface area contributed by atoms with Gasteiger partial charge in [-0.25, -0.2) is 0 Å². The summed E-state index contributed by atoms with van der Waals surface area (Å²) < 4.78 is 37.8. The van der Waals surface area contributed by atoms with Gasteiger partial charge < -0.3 is 20.9 Å². The second kappa shape index (κ2) is 8.37. The number of hydrogen-bond acceptors (Lipinski definition) is 6. The van der Waals surface area contributed by atoms with Gasteiger partial charge in [-0.15, -0.1) is 0 Å². The molecule has 1 fully saturated rings. The first-order valence-electron chi connectivity index (χ1n) is 10.0. The number of halogens is 3. The highest BCUT2D eigenvalue weighted by molar-refractivity contribution is 5.94. The predicted molar refractivity (Wildman–Crippen MR) is 108 cm³/mol. The van der Waals surface area contributed by atoms with Crippen molar-refractivity contribution < 1.29 is 18.0 Å². The zero-order valence-corrected chi connectivity index (χ0v) is 16.4. The van der Waals surface area contributed by atoms with Crippen LogP contribution in [0.15, 0.2) is 24.3 Å². The molecule has 0 unspecified atom stereocenters. The molecule has 10 heteroatoms. The molecule has 3 N–H and O–H groups in total. The minimum Gasteiger partial charge on any atom is -0.369 e. The Morgan fingerprint density at radius 3 is 2.53 bits per heavy atom. The van der Waals surface area contributed by atoms with E-state index in [1.165, 1.54) is 0 Å². The van der Waals surface area contributed by atoms with E-state index in [9.17, 15) is 18.0 Å². The van der Waals surface area contributed by atoms with E-state index in [1.807, 2.05) is 4.90 Å². The van der Waals surface area contributed by atoms with Gasteiger partial charge in [0.15, 0.2) is 0 Å². The summed E-state index contributed by atoms with van der Waals surface area (Å²) >= 11 is 0. The van der Waals surface area contributed by atoms with Crippen LogP contribution in [0.25, 0.3) is 0 Å². The molecule has 0 bridgehead atoms. The third-order valence-electron chi connectivity index (χ3n) is 5.16. The second-order valence-electron chi connectivity index (χ2n) is 7.42. The maximum Gasteiger partial charge on any atom is 0.405 e. The Morgan fingerprint density at radius 1 is 1.10 bits per heavy atom. The highest BCUT2D eigenvalue weighted by Crippen LogP contribution is 2.29. The minimum absolute atomic E-state index is 0.0119. The number of aromatic nitrogens is 2. The largest absolute Gasteiger partial charge is 0.405 e. The van der Waals surface area contributed by atoms with Gasteiger partial charge >= 0.3 is 6.18 Å². The van der Waals surface area contributed by atoms with Gasteiger partial charge in [-0.05, 0) is 49.9 Å². The van der Waals surface area contributed by atoms with Crippen molar-refractivity contribution in [2.24, 2.45) is 0 Å². The molecule has 3 heterocycles. The molecule has 2 aliphatic heterocycles. The molecular weight excluding hydrogens is 397 g/mol. The Labute approximate surface area is 172 Å². The van der Waals surface area contributed by atoms with E-state index in [-0.39, 0.29) is 17.7 Å². The van der Waals surface area contributed by atoms with Gasteiger partial charge in [0.25, 0.3) is 5.91 Å². The molecule has 1 aromatic heterocycles. The Balaban J connectivity index is 1.48. The van der Waals surface area contributed by atoms with Crippen LogP contribution >= 0.6 is 0 Å². The van der Waals surface area contributed by atoms with E-state index in [0.717, 1.165) is 32.4 Å². The minimum atomic E-state index is -4.34. The van der Waals surface area contributed by atoms with Crippen molar-refractivity contribution in [3.8, 4) is 0 Å². The van der Waals surface area contributed by atoms with E-state index >= 15 is 0 Å². The number of nitrogens with zero attached hydrogens (tertiary/aromatic N) is 3.